The third-order valence-electron chi connectivity index (χ3n) is 4.31. The summed E-state index contributed by atoms with van der Waals surface area (Å²) in [5.41, 5.74) is 9.46. The van der Waals surface area contributed by atoms with Crippen molar-refractivity contribution in [3.63, 3.8) is 0 Å². The molecule has 0 bridgehead atoms. The molecule has 0 atom stereocenters. The number of nitrogen functional groups attached to an aromatic ring is 1. The van der Waals surface area contributed by atoms with Gasteiger partial charge in [-0.1, -0.05) is 54.6 Å². The van der Waals surface area contributed by atoms with Gasteiger partial charge in [0.25, 0.3) is 0 Å². The Bertz CT molecular complexity index is 935. The van der Waals surface area contributed by atoms with Gasteiger partial charge in [-0.05, 0) is 47.4 Å². The zero-order valence-corrected chi connectivity index (χ0v) is 15.7. The molecule has 0 aliphatic carbocycles. The van der Waals surface area contributed by atoms with Crippen molar-refractivity contribution in [3.05, 3.63) is 96.6 Å². The molecular weight excluding hydrogens is 348 g/mol. The average molecular weight is 372 g/mol. The van der Waals surface area contributed by atoms with Gasteiger partial charge in [0.1, 0.15) is 30.5 Å². The van der Waals surface area contributed by atoms with Crippen LogP contribution in [0.25, 0.3) is 11.1 Å². The fourth-order valence-electron chi connectivity index (χ4n) is 2.88. The van der Waals surface area contributed by atoms with Crippen LogP contribution in [0.5, 0.6) is 11.5 Å². The van der Waals surface area contributed by atoms with Crippen LogP contribution in [0.1, 0.15) is 11.1 Å². The lowest BCUT2D eigenvalue weighted by Crippen LogP contribution is -2.10. The second kappa shape index (κ2) is 9.42. The van der Waals surface area contributed by atoms with E-state index in [0.717, 1.165) is 28.2 Å². The SMILES string of the molecule is C=CCc1cc(-c2ccc(C(=N)N)cc2)ccc1OCCOc1ccccc1. The molecule has 0 heterocycles. The van der Waals surface area contributed by atoms with Crippen molar-refractivity contribution < 1.29 is 9.47 Å². The molecule has 0 spiro atoms. The lowest BCUT2D eigenvalue weighted by atomic mass is 9.99. The zero-order chi connectivity index (χ0) is 19.8. The maximum absolute atomic E-state index is 7.50. The van der Waals surface area contributed by atoms with E-state index in [2.05, 4.69) is 12.6 Å². The summed E-state index contributed by atoms with van der Waals surface area (Å²) in [6, 6.07) is 23.5. The Morgan fingerprint density at radius 2 is 1.57 bits per heavy atom. The monoisotopic (exact) mass is 372 g/mol. The number of hydrogen-bond donors (Lipinski definition) is 2. The summed E-state index contributed by atoms with van der Waals surface area (Å²) in [6.07, 6.45) is 2.58. The molecule has 0 aliphatic rings. The molecule has 0 aliphatic heterocycles. The molecule has 0 saturated carbocycles. The van der Waals surface area contributed by atoms with Crippen LogP contribution in [0.4, 0.5) is 0 Å². The van der Waals surface area contributed by atoms with Crippen molar-refractivity contribution in [2.24, 2.45) is 5.73 Å². The Morgan fingerprint density at radius 3 is 2.25 bits per heavy atom. The molecule has 0 unspecified atom stereocenters. The van der Waals surface area contributed by atoms with Gasteiger partial charge >= 0.3 is 0 Å². The van der Waals surface area contributed by atoms with Crippen molar-refractivity contribution in [2.75, 3.05) is 13.2 Å². The topological polar surface area (TPSA) is 68.3 Å². The third kappa shape index (κ3) is 5.01. The van der Waals surface area contributed by atoms with E-state index in [-0.39, 0.29) is 5.84 Å². The number of rotatable bonds is 9. The predicted octanol–water partition coefficient (Wildman–Crippen LogP) is 4.82. The maximum atomic E-state index is 7.50. The van der Waals surface area contributed by atoms with E-state index in [1.54, 1.807) is 0 Å². The third-order valence-corrected chi connectivity index (χ3v) is 4.31. The summed E-state index contributed by atoms with van der Waals surface area (Å²) in [7, 11) is 0. The standard InChI is InChI=1S/C24H24N2O2/c1-2-6-21-17-20(18-9-11-19(12-10-18)24(25)26)13-14-23(21)28-16-15-27-22-7-4-3-5-8-22/h2-5,7-14,17H,1,6,15-16H2,(H3,25,26). The molecule has 4 nitrogen and oxygen atoms in total. The Labute approximate surface area is 165 Å². The summed E-state index contributed by atoms with van der Waals surface area (Å²) in [6.45, 7) is 4.79. The first-order valence-electron chi connectivity index (χ1n) is 9.16. The van der Waals surface area contributed by atoms with Crippen LogP contribution in [0.3, 0.4) is 0 Å². The fraction of sp³-hybridized carbons (Fsp3) is 0.125. The van der Waals surface area contributed by atoms with Crippen LogP contribution in [0.2, 0.25) is 0 Å². The number of allylic oxidation sites excluding steroid dienone is 1. The van der Waals surface area contributed by atoms with Crippen LogP contribution < -0.4 is 15.2 Å². The number of amidine groups is 1. The summed E-state index contributed by atoms with van der Waals surface area (Å²) in [4.78, 5) is 0. The maximum Gasteiger partial charge on any atom is 0.123 e. The van der Waals surface area contributed by atoms with Gasteiger partial charge in [-0.15, -0.1) is 6.58 Å². The van der Waals surface area contributed by atoms with Gasteiger partial charge in [0.05, 0.1) is 0 Å². The van der Waals surface area contributed by atoms with Crippen LogP contribution in [-0.2, 0) is 6.42 Å². The fourth-order valence-corrected chi connectivity index (χ4v) is 2.88. The number of benzene rings is 3. The molecule has 142 valence electrons. The number of nitrogens with two attached hydrogens (primary N) is 1. The van der Waals surface area contributed by atoms with Gasteiger partial charge in [0.15, 0.2) is 0 Å². The number of nitrogens with one attached hydrogen (secondary N) is 1. The second-order valence-corrected chi connectivity index (χ2v) is 6.32. The molecular formula is C24H24N2O2. The first-order chi connectivity index (χ1) is 13.7. The first kappa shape index (κ1) is 19.2. The van der Waals surface area contributed by atoms with E-state index in [4.69, 9.17) is 20.6 Å². The van der Waals surface area contributed by atoms with Crippen LogP contribution >= 0.6 is 0 Å². The van der Waals surface area contributed by atoms with Crippen molar-refractivity contribution >= 4 is 5.84 Å². The molecule has 3 aromatic carbocycles. The van der Waals surface area contributed by atoms with Gasteiger partial charge < -0.3 is 15.2 Å². The van der Waals surface area contributed by atoms with Gasteiger partial charge in [0.2, 0.25) is 0 Å². The number of hydrogen-bond acceptors (Lipinski definition) is 3. The van der Waals surface area contributed by atoms with Gasteiger partial charge in [-0.25, -0.2) is 0 Å². The average Bonchev–Trinajstić information content (AvgIpc) is 2.73. The molecule has 3 N–H and O–H groups in total. The van der Waals surface area contributed by atoms with Gasteiger partial charge in [-0.3, -0.25) is 5.41 Å². The molecule has 0 fully saturated rings. The van der Waals surface area contributed by atoms with E-state index in [1.807, 2.05) is 72.8 Å². The summed E-state index contributed by atoms with van der Waals surface area (Å²) < 4.78 is 11.6. The Hall–Kier alpha value is -3.53. The lowest BCUT2D eigenvalue weighted by Gasteiger charge is -2.13. The normalized spacial score (nSPS) is 10.3. The van der Waals surface area contributed by atoms with Gasteiger partial charge in [0, 0.05) is 5.56 Å². The van der Waals surface area contributed by atoms with Crippen LogP contribution in [0, 0.1) is 5.41 Å². The van der Waals surface area contributed by atoms with Crippen molar-refractivity contribution in [1.82, 2.24) is 0 Å². The highest BCUT2D eigenvalue weighted by atomic mass is 16.5. The summed E-state index contributed by atoms with van der Waals surface area (Å²) >= 11 is 0. The van der Waals surface area contributed by atoms with Gasteiger partial charge in [-0.2, -0.15) is 0 Å². The van der Waals surface area contributed by atoms with Crippen molar-refractivity contribution in [3.8, 4) is 22.6 Å². The van der Waals surface area contributed by atoms with Crippen molar-refractivity contribution in [2.45, 2.75) is 6.42 Å². The predicted molar refractivity (Wildman–Crippen MR) is 114 cm³/mol. The molecule has 3 rings (SSSR count). The second-order valence-electron chi connectivity index (χ2n) is 6.32. The molecule has 0 aromatic heterocycles. The molecule has 3 aromatic rings. The molecule has 4 heteroatoms. The highest BCUT2D eigenvalue weighted by Gasteiger charge is 2.07. The smallest absolute Gasteiger partial charge is 0.123 e. The lowest BCUT2D eigenvalue weighted by molar-refractivity contribution is 0.216. The number of ether oxygens (including phenoxy) is 2. The quantitative estimate of drug-likeness (QED) is 0.245. The largest absolute Gasteiger partial charge is 0.490 e. The molecule has 0 saturated heterocycles. The summed E-state index contributed by atoms with van der Waals surface area (Å²) in [5.74, 6) is 1.74. The Kier molecular flexibility index (Phi) is 6.47. The molecule has 0 radical (unpaired) electrons. The van der Waals surface area contributed by atoms with E-state index < -0.39 is 0 Å². The number of para-hydroxylation sites is 1. The zero-order valence-electron chi connectivity index (χ0n) is 15.7. The van der Waals surface area contributed by atoms with E-state index in [9.17, 15) is 0 Å². The van der Waals surface area contributed by atoms with E-state index >= 15 is 0 Å². The first-order valence-corrected chi connectivity index (χ1v) is 9.16. The molecule has 0 amide bonds. The highest BCUT2D eigenvalue weighted by molar-refractivity contribution is 5.95. The minimum absolute atomic E-state index is 0.0698. The Morgan fingerprint density at radius 1 is 0.893 bits per heavy atom. The molecule has 28 heavy (non-hydrogen) atoms. The Balaban J connectivity index is 1.68. The minimum Gasteiger partial charge on any atom is -0.490 e. The van der Waals surface area contributed by atoms with Crippen LogP contribution in [0.15, 0.2) is 85.5 Å². The van der Waals surface area contributed by atoms with Crippen LogP contribution in [-0.4, -0.2) is 19.0 Å². The van der Waals surface area contributed by atoms with E-state index in [0.29, 0.717) is 25.2 Å². The van der Waals surface area contributed by atoms with E-state index in [1.165, 1.54) is 0 Å². The highest BCUT2D eigenvalue weighted by Crippen LogP contribution is 2.28. The summed E-state index contributed by atoms with van der Waals surface area (Å²) in [5, 5.41) is 7.50. The minimum atomic E-state index is 0.0698. The van der Waals surface area contributed by atoms with Crippen molar-refractivity contribution in [1.29, 1.82) is 5.41 Å².